The average molecular weight is 343 g/mol. The van der Waals surface area contributed by atoms with Gasteiger partial charge in [-0.1, -0.05) is 25.0 Å². The third-order valence-electron chi connectivity index (χ3n) is 4.76. The molecule has 0 heterocycles. The number of benzene rings is 2. The van der Waals surface area contributed by atoms with E-state index in [2.05, 4.69) is 0 Å². The third-order valence-corrected chi connectivity index (χ3v) is 4.76. The number of halogens is 1. The number of carbonyl (C=O) groups is 1. The fraction of sp³-hybridized carbons (Fsp3) is 0.316. The van der Waals surface area contributed by atoms with E-state index < -0.39 is 10.3 Å². The van der Waals surface area contributed by atoms with E-state index in [-0.39, 0.29) is 24.1 Å². The van der Waals surface area contributed by atoms with Crippen LogP contribution in [0.3, 0.4) is 0 Å². The second-order valence-corrected chi connectivity index (χ2v) is 6.30. The lowest BCUT2D eigenvalue weighted by atomic mass is 9.79. The topological polar surface area (TPSA) is 69.4 Å². The molecule has 0 aliphatic heterocycles. The summed E-state index contributed by atoms with van der Waals surface area (Å²) in [7, 11) is 0. The van der Waals surface area contributed by atoms with Gasteiger partial charge in [0.05, 0.1) is 10.3 Å². The van der Waals surface area contributed by atoms with Gasteiger partial charge < -0.3 is 4.74 Å². The fourth-order valence-electron chi connectivity index (χ4n) is 3.36. The number of nitro groups is 1. The minimum atomic E-state index is -0.728. The summed E-state index contributed by atoms with van der Waals surface area (Å²) in [5.74, 6) is -0.661. The Hall–Kier alpha value is -2.76. The summed E-state index contributed by atoms with van der Waals surface area (Å²) in [5, 5.41) is 10.7. The highest BCUT2D eigenvalue weighted by Crippen LogP contribution is 2.42. The van der Waals surface area contributed by atoms with Crippen LogP contribution >= 0.6 is 0 Å². The van der Waals surface area contributed by atoms with Gasteiger partial charge in [0, 0.05) is 12.1 Å². The predicted octanol–water partition coefficient (Wildman–Crippen LogP) is 4.29. The van der Waals surface area contributed by atoms with E-state index >= 15 is 0 Å². The van der Waals surface area contributed by atoms with Crippen molar-refractivity contribution in [1.29, 1.82) is 0 Å². The van der Waals surface area contributed by atoms with E-state index in [1.54, 1.807) is 24.3 Å². The van der Waals surface area contributed by atoms with Crippen molar-refractivity contribution in [2.75, 3.05) is 0 Å². The molecule has 0 N–H and O–H groups in total. The Labute approximate surface area is 144 Å². The minimum Gasteiger partial charge on any atom is -0.460 e. The smallest absolute Gasteiger partial charge is 0.316 e. The zero-order chi connectivity index (χ0) is 17.9. The molecule has 0 radical (unpaired) electrons. The van der Waals surface area contributed by atoms with Crippen LogP contribution in [0, 0.1) is 15.9 Å². The summed E-state index contributed by atoms with van der Waals surface area (Å²) in [4.78, 5) is 23.0. The van der Waals surface area contributed by atoms with Crippen LogP contribution in [-0.4, -0.2) is 10.9 Å². The SMILES string of the molecule is O=C(OCc1ccc([N+](=O)[O-])cc1)C1(c2ccc(F)cc2)CCCC1. The molecular weight excluding hydrogens is 325 g/mol. The molecule has 1 aliphatic rings. The van der Waals surface area contributed by atoms with E-state index in [1.165, 1.54) is 24.3 Å². The van der Waals surface area contributed by atoms with Crippen molar-refractivity contribution < 1.29 is 18.8 Å². The third kappa shape index (κ3) is 3.52. The molecule has 1 fully saturated rings. The summed E-state index contributed by atoms with van der Waals surface area (Å²) in [6.07, 6.45) is 3.20. The van der Waals surface area contributed by atoms with Crippen LogP contribution in [0.2, 0.25) is 0 Å². The first-order chi connectivity index (χ1) is 12.0. The molecule has 0 aromatic heterocycles. The van der Waals surface area contributed by atoms with Gasteiger partial charge in [-0.15, -0.1) is 0 Å². The lowest BCUT2D eigenvalue weighted by Crippen LogP contribution is -2.34. The molecule has 0 amide bonds. The van der Waals surface area contributed by atoms with Crippen LogP contribution in [0.5, 0.6) is 0 Å². The van der Waals surface area contributed by atoms with Gasteiger partial charge in [0.1, 0.15) is 12.4 Å². The second-order valence-electron chi connectivity index (χ2n) is 6.30. The molecule has 0 bridgehead atoms. The number of hydrogen-bond donors (Lipinski definition) is 0. The number of nitro benzene ring substituents is 1. The van der Waals surface area contributed by atoms with Crippen molar-refractivity contribution >= 4 is 11.7 Å². The Morgan fingerprint density at radius 3 is 2.24 bits per heavy atom. The van der Waals surface area contributed by atoms with Crippen LogP contribution in [0.15, 0.2) is 48.5 Å². The highest BCUT2D eigenvalue weighted by molar-refractivity contribution is 5.83. The Balaban J connectivity index is 1.73. The zero-order valence-electron chi connectivity index (χ0n) is 13.6. The standard InChI is InChI=1S/C19H18FNO4/c20-16-7-5-15(6-8-16)19(11-1-2-12-19)18(22)25-13-14-3-9-17(10-4-14)21(23)24/h3-10H,1-2,11-13H2. The second kappa shape index (κ2) is 7.01. The number of non-ortho nitro benzene ring substituents is 1. The molecule has 25 heavy (non-hydrogen) atoms. The molecule has 3 rings (SSSR count). The van der Waals surface area contributed by atoms with Crippen molar-refractivity contribution in [3.8, 4) is 0 Å². The molecular formula is C19H18FNO4. The van der Waals surface area contributed by atoms with Gasteiger partial charge >= 0.3 is 5.97 Å². The molecule has 2 aromatic rings. The van der Waals surface area contributed by atoms with E-state index in [0.29, 0.717) is 18.4 Å². The molecule has 6 heteroatoms. The Bertz CT molecular complexity index is 765. The Morgan fingerprint density at radius 1 is 1.08 bits per heavy atom. The first-order valence-electron chi connectivity index (χ1n) is 8.18. The molecule has 0 unspecified atom stereocenters. The molecule has 0 spiro atoms. The van der Waals surface area contributed by atoms with Crippen molar-refractivity contribution in [2.24, 2.45) is 0 Å². The van der Waals surface area contributed by atoms with Crippen LogP contribution in [0.1, 0.15) is 36.8 Å². The molecule has 5 nitrogen and oxygen atoms in total. The lowest BCUT2D eigenvalue weighted by Gasteiger charge is -2.27. The number of ether oxygens (including phenoxy) is 1. The Kier molecular flexibility index (Phi) is 4.79. The zero-order valence-corrected chi connectivity index (χ0v) is 13.6. The van der Waals surface area contributed by atoms with Gasteiger partial charge in [0.15, 0.2) is 0 Å². The van der Waals surface area contributed by atoms with Gasteiger partial charge in [-0.05, 0) is 48.2 Å². The van der Waals surface area contributed by atoms with Gasteiger partial charge in [-0.25, -0.2) is 4.39 Å². The van der Waals surface area contributed by atoms with Crippen molar-refractivity contribution in [2.45, 2.75) is 37.7 Å². The van der Waals surface area contributed by atoms with Gasteiger partial charge in [0.25, 0.3) is 5.69 Å². The summed E-state index contributed by atoms with van der Waals surface area (Å²) < 4.78 is 18.7. The number of nitrogens with zero attached hydrogens (tertiary/aromatic N) is 1. The molecule has 0 saturated heterocycles. The maximum Gasteiger partial charge on any atom is 0.316 e. The van der Waals surface area contributed by atoms with Crippen molar-refractivity contribution in [3.63, 3.8) is 0 Å². The first-order valence-corrected chi connectivity index (χ1v) is 8.18. The van der Waals surface area contributed by atoms with Crippen molar-refractivity contribution in [1.82, 2.24) is 0 Å². The molecule has 2 aromatic carbocycles. The molecule has 1 saturated carbocycles. The van der Waals surface area contributed by atoms with Gasteiger partial charge in [0.2, 0.25) is 0 Å². The summed E-state index contributed by atoms with van der Waals surface area (Å²) in [6, 6.07) is 11.9. The van der Waals surface area contributed by atoms with Crippen molar-refractivity contribution in [3.05, 3.63) is 75.6 Å². The van der Waals surface area contributed by atoms with Crippen LogP contribution in [-0.2, 0) is 21.6 Å². The minimum absolute atomic E-state index is 0.00588. The average Bonchev–Trinajstić information content (AvgIpc) is 3.11. The lowest BCUT2D eigenvalue weighted by molar-refractivity contribution is -0.384. The normalized spacial score (nSPS) is 15.7. The number of esters is 1. The van der Waals surface area contributed by atoms with Crippen LogP contribution < -0.4 is 0 Å². The number of rotatable bonds is 5. The molecule has 0 atom stereocenters. The molecule has 130 valence electrons. The highest BCUT2D eigenvalue weighted by atomic mass is 19.1. The van der Waals surface area contributed by atoms with E-state index in [0.717, 1.165) is 18.4 Å². The summed E-state index contributed by atoms with van der Waals surface area (Å²) >= 11 is 0. The van der Waals surface area contributed by atoms with Gasteiger partial charge in [-0.2, -0.15) is 0 Å². The molecule has 1 aliphatic carbocycles. The fourth-order valence-corrected chi connectivity index (χ4v) is 3.36. The highest BCUT2D eigenvalue weighted by Gasteiger charge is 2.44. The summed E-state index contributed by atoms with van der Waals surface area (Å²) in [6.45, 7) is 0.0553. The maximum absolute atomic E-state index is 13.2. The first kappa shape index (κ1) is 17.1. The number of hydrogen-bond acceptors (Lipinski definition) is 4. The van der Waals surface area contributed by atoms with Crippen LogP contribution in [0.4, 0.5) is 10.1 Å². The quantitative estimate of drug-likeness (QED) is 0.461. The van der Waals surface area contributed by atoms with E-state index in [9.17, 15) is 19.3 Å². The Morgan fingerprint density at radius 2 is 1.68 bits per heavy atom. The van der Waals surface area contributed by atoms with E-state index in [4.69, 9.17) is 4.74 Å². The van der Waals surface area contributed by atoms with E-state index in [1.807, 2.05) is 0 Å². The predicted molar refractivity (Wildman–Crippen MR) is 89.4 cm³/mol. The summed E-state index contributed by atoms with van der Waals surface area (Å²) in [5.41, 5.74) is 0.731. The van der Waals surface area contributed by atoms with Crippen LogP contribution in [0.25, 0.3) is 0 Å². The number of carbonyl (C=O) groups excluding carboxylic acids is 1. The largest absolute Gasteiger partial charge is 0.460 e. The monoisotopic (exact) mass is 343 g/mol. The van der Waals surface area contributed by atoms with Gasteiger partial charge in [-0.3, -0.25) is 14.9 Å². The maximum atomic E-state index is 13.2.